The van der Waals surface area contributed by atoms with Crippen molar-refractivity contribution in [2.75, 3.05) is 41.4 Å². The van der Waals surface area contributed by atoms with Crippen LogP contribution in [-0.2, 0) is 9.59 Å². The molecule has 1 atom stereocenters. The van der Waals surface area contributed by atoms with Crippen molar-refractivity contribution in [2.24, 2.45) is 0 Å². The minimum Gasteiger partial charge on any atom is -0.507 e. The molecular weight excluding hydrogens is 396 g/mol. The molecule has 0 bridgehead atoms. The van der Waals surface area contributed by atoms with Gasteiger partial charge in [-0.1, -0.05) is 12.1 Å². The first-order chi connectivity index (χ1) is 14.9. The molecule has 7 nitrogen and oxygen atoms in total. The molecule has 0 saturated carbocycles. The monoisotopic (exact) mass is 424 g/mol. The van der Waals surface area contributed by atoms with Gasteiger partial charge in [-0.3, -0.25) is 9.59 Å². The van der Waals surface area contributed by atoms with Crippen molar-refractivity contribution < 1.29 is 24.2 Å². The van der Waals surface area contributed by atoms with E-state index in [-0.39, 0.29) is 11.3 Å². The van der Waals surface area contributed by atoms with Crippen molar-refractivity contribution >= 4 is 17.4 Å². The molecule has 0 aliphatic carbocycles. The summed E-state index contributed by atoms with van der Waals surface area (Å²) in [6.45, 7) is 1.16. The van der Waals surface area contributed by atoms with Gasteiger partial charge in [0, 0.05) is 12.1 Å². The molecule has 3 rings (SSSR count). The van der Waals surface area contributed by atoms with E-state index in [1.807, 2.05) is 31.1 Å². The number of carbonyl (C=O) groups is 2. The van der Waals surface area contributed by atoms with Crippen molar-refractivity contribution in [3.05, 3.63) is 65.2 Å². The molecule has 31 heavy (non-hydrogen) atoms. The fourth-order valence-electron chi connectivity index (χ4n) is 3.73. The van der Waals surface area contributed by atoms with Crippen LogP contribution in [0.2, 0.25) is 0 Å². The van der Waals surface area contributed by atoms with Crippen LogP contribution in [0.3, 0.4) is 0 Å². The van der Waals surface area contributed by atoms with Crippen molar-refractivity contribution in [2.45, 2.75) is 12.5 Å². The van der Waals surface area contributed by atoms with Crippen molar-refractivity contribution in [1.82, 2.24) is 9.80 Å². The van der Waals surface area contributed by atoms with Gasteiger partial charge in [-0.15, -0.1) is 0 Å². The number of aliphatic hydroxyl groups excluding tert-OH is 1. The number of hydrogen-bond acceptors (Lipinski definition) is 6. The zero-order valence-corrected chi connectivity index (χ0v) is 18.3. The molecule has 0 aromatic heterocycles. The summed E-state index contributed by atoms with van der Waals surface area (Å²) in [7, 11) is 7.02. The van der Waals surface area contributed by atoms with Gasteiger partial charge in [0.1, 0.15) is 17.3 Å². The van der Waals surface area contributed by atoms with Crippen LogP contribution in [0.15, 0.2) is 54.1 Å². The first-order valence-corrected chi connectivity index (χ1v) is 10.1. The first kappa shape index (κ1) is 22.4. The molecule has 1 aliphatic heterocycles. The highest BCUT2D eigenvalue weighted by Crippen LogP contribution is 2.40. The second-order valence-corrected chi connectivity index (χ2v) is 7.65. The van der Waals surface area contributed by atoms with Gasteiger partial charge in [-0.25, -0.2) is 0 Å². The van der Waals surface area contributed by atoms with Crippen LogP contribution in [0.1, 0.15) is 23.6 Å². The summed E-state index contributed by atoms with van der Waals surface area (Å²) in [6.07, 6.45) is 0.697. The normalized spacial score (nSPS) is 18.0. The molecular formula is C24H28N2O5. The van der Waals surface area contributed by atoms with E-state index in [0.717, 1.165) is 6.54 Å². The van der Waals surface area contributed by atoms with Crippen LogP contribution in [0.4, 0.5) is 0 Å². The Balaban J connectivity index is 2.09. The summed E-state index contributed by atoms with van der Waals surface area (Å²) >= 11 is 0. The number of aliphatic hydroxyl groups is 1. The Morgan fingerprint density at radius 2 is 1.71 bits per heavy atom. The largest absolute Gasteiger partial charge is 0.507 e. The third kappa shape index (κ3) is 4.72. The lowest BCUT2D eigenvalue weighted by atomic mass is 9.95. The topological polar surface area (TPSA) is 79.3 Å². The van der Waals surface area contributed by atoms with Crippen molar-refractivity contribution in [1.29, 1.82) is 0 Å². The fourth-order valence-corrected chi connectivity index (χ4v) is 3.73. The van der Waals surface area contributed by atoms with Crippen LogP contribution < -0.4 is 9.47 Å². The SMILES string of the molecule is COc1ccc(/C(O)=C2\C(=O)C(=O)N(CCCN(C)C)C2c2cccc(OC)c2)cc1. The molecule has 1 N–H and O–H groups in total. The van der Waals surface area contributed by atoms with Gasteiger partial charge in [-0.2, -0.15) is 0 Å². The molecule has 2 aromatic rings. The van der Waals surface area contributed by atoms with E-state index in [9.17, 15) is 14.7 Å². The third-order valence-electron chi connectivity index (χ3n) is 5.32. The van der Waals surface area contributed by atoms with E-state index in [1.165, 1.54) is 4.90 Å². The zero-order valence-electron chi connectivity index (χ0n) is 18.3. The van der Waals surface area contributed by atoms with Gasteiger partial charge in [-0.05, 0) is 69.0 Å². The Hall–Kier alpha value is -3.32. The van der Waals surface area contributed by atoms with Crippen molar-refractivity contribution in [3.63, 3.8) is 0 Å². The minimum absolute atomic E-state index is 0.0771. The number of rotatable bonds is 8. The van der Waals surface area contributed by atoms with E-state index in [0.29, 0.717) is 35.6 Å². The van der Waals surface area contributed by atoms with E-state index in [1.54, 1.807) is 50.6 Å². The maximum atomic E-state index is 13.0. The summed E-state index contributed by atoms with van der Waals surface area (Å²) in [4.78, 5) is 29.5. The van der Waals surface area contributed by atoms with Crippen molar-refractivity contribution in [3.8, 4) is 11.5 Å². The average Bonchev–Trinajstić information content (AvgIpc) is 3.03. The number of likely N-dealkylation sites (tertiary alicyclic amines) is 1. The summed E-state index contributed by atoms with van der Waals surface area (Å²) in [6, 6.07) is 13.3. The third-order valence-corrected chi connectivity index (χ3v) is 5.32. The lowest BCUT2D eigenvalue weighted by Gasteiger charge is -2.26. The molecule has 7 heteroatoms. The van der Waals surface area contributed by atoms with Crippen LogP contribution in [-0.4, -0.2) is 68.0 Å². The van der Waals surface area contributed by atoms with Crippen LogP contribution in [0.25, 0.3) is 5.76 Å². The van der Waals surface area contributed by atoms with Gasteiger partial charge in [0.05, 0.1) is 25.8 Å². The second-order valence-electron chi connectivity index (χ2n) is 7.65. The number of methoxy groups -OCH3 is 2. The van der Waals surface area contributed by atoms with E-state index < -0.39 is 17.7 Å². The minimum atomic E-state index is -0.695. The molecule has 1 saturated heterocycles. The number of hydrogen-bond donors (Lipinski definition) is 1. The number of Topliss-reactive ketones (excluding diaryl/α,β-unsaturated/α-hetero) is 1. The number of ether oxygens (including phenoxy) is 2. The Kier molecular flexibility index (Phi) is 6.97. The molecule has 164 valence electrons. The number of carbonyl (C=O) groups excluding carboxylic acids is 2. The number of benzene rings is 2. The Morgan fingerprint density at radius 3 is 2.32 bits per heavy atom. The van der Waals surface area contributed by atoms with Gasteiger partial charge in [0.15, 0.2) is 0 Å². The molecule has 1 amide bonds. The molecule has 2 aromatic carbocycles. The Labute approximate surface area is 182 Å². The average molecular weight is 424 g/mol. The maximum absolute atomic E-state index is 13.0. The summed E-state index contributed by atoms with van der Waals surface area (Å²) in [5.74, 6) is -0.262. The van der Waals surface area contributed by atoms with Crippen LogP contribution in [0, 0.1) is 0 Å². The molecule has 0 spiro atoms. The molecule has 1 heterocycles. The summed E-state index contributed by atoms with van der Waals surface area (Å²) < 4.78 is 10.5. The maximum Gasteiger partial charge on any atom is 0.295 e. The number of nitrogens with zero attached hydrogens (tertiary/aromatic N) is 2. The van der Waals surface area contributed by atoms with Crippen LogP contribution >= 0.6 is 0 Å². The van der Waals surface area contributed by atoms with Gasteiger partial charge < -0.3 is 24.4 Å². The van der Waals surface area contributed by atoms with E-state index in [2.05, 4.69) is 0 Å². The lowest BCUT2D eigenvalue weighted by Crippen LogP contribution is -2.32. The number of ketones is 1. The van der Waals surface area contributed by atoms with Gasteiger partial charge >= 0.3 is 0 Å². The zero-order chi connectivity index (χ0) is 22.5. The highest BCUT2D eigenvalue weighted by Gasteiger charge is 2.45. The first-order valence-electron chi connectivity index (χ1n) is 10.1. The van der Waals surface area contributed by atoms with E-state index >= 15 is 0 Å². The van der Waals surface area contributed by atoms with E-state index in [4.69, 9.17) is 9.47 Å². The molecule has 1 aliphatic rings. The number of amides is 1. The Morgan fingerprint density at radius 1 is 1.03 bits per heavy atom. The smallest absolute Gasteiger partial charge is 0.295 e. The molecule has 1 fully saturated rings. The summed E-state index contributed by atoms with van der Waals surface area (Å²) in [5.41, 5.74) is 1.23. The van der Waals surface area contributed by atoms with Gasteiger partial charge in [0.25, 0.3) is 11.7 Å². The van der Waals surface area contributed by atoms with Gasteiger partial charge in [0.2, 0.25) is 0 Å². The highest BCUT2D eigenvalue weighted by atomic mass is 16.5. The molecule has 1 unspecified atom stereocenters. The predicted molar refractivity (Wildman–Crippen MR) is 118 cm³/mol. The quantitative estimate of drug-likeness (QED) is 0.399. The predicted octanol–water partition coefficient (Wildman–Crippen LogP) is 3.08. The van der Waals surface area contributed by atoms with Crippen LogP contribution in [0.5, 0.6) is 11.5 Å². The lowest BCUT2D eigenvalue weighted by molar-refractivity contribution is -0.139. The Bertz CT molecular complexity index is 982. The standard InChI is InChI=1S/C24H28N2O5/c1-25(2)13-6-14-26-21(17-7-5-8-19(15-17)31-4)20(23(28)24(26)29)22(27)16-9-11-18(30-3)12-10-16/h5,7-12,15,21,27H,6,13-14H2,1-4H3/b22-20+. The highest BCUT2D eigenvalue weighted by molar-refractivity contribution is 6.46. The molecule has 0 radical (unpaired) electrons. The fraction of sp³-hybridized carbons (Fsp3) is 0.333. The second kappa shape index (κ2) is 9.66. The summed E-state index contributed by atoms with van der Waals surface area (Å²) in [5, 5.41) is 11.1.